The number of rotatable bonds is 1. The van der Waals surface area contributed by atoms with Gasteiger partial charge in [-0.3, -0.25) is 0 Å². The molecule has 0 spiro atoms. The molecule has 2 rings (SSSR count). The van der Waals surface area contributed by atoms with Crippen LogP contribution in [0.25, 0.3) is 0 Å². The molecule has 1 aromatic carbocycles. The van der Waals surface area contributed by atoms with Crippen molar-refractivity contribution in [2.24, 2.45) is 0 Å². The summed E-state index contributed by atoms with van der Waals surface area (Å²) in [6.07, 6.45) is -3.94. The van der Waals surface area contributed by atoms with Crippen LogP contribution in [-0.2, 0) is 6.18 Å². The van der Waals surface area contributed by atoms with Crippen molar-refractivity contribution < 1.29 is 17.6 Å². The van der Waals surface area contributed by atoms with E-state index in [-0.39, 0.29) is 11.5 Å². The highest BCUT2D eigenvalue weighted by Crippen LogP contribution is 2.35. The van der Waals surface area contributed by atoms with Crippen molar-refractivity contribution in [1.82, 2.24) is 5.32 Å². The van der Waals surface area contributed by atoms with Crippen molar-refractivity contribution in [3.63, 3.8) is 0 Å². The molecule has 1 nitrogen and oxygen atoms in total. The van der Waals surface area contributed by atoms with Crippen molar-refractivity contribution >= 4 is 0 Å². The third-order valence-electron chi connectivity index (χ3n) is 2.83. The average Bonchev–Trinajstić information content (AvgIpc) is 2.69. The van der Waals surface area contributed by atoms with Gasteiger partial charge in [-0.15, -0.1) is 0 Å². The summed E-state index contributed by atoms with van der Waals surface area (Å²) in [6, 6.07) is 3.48. The zero-order valence-electron chi connectivity index (χ0n) is 8.44. The van der Waals surface area contributed by atoms with Gasteiger partial charge in [0, 0.05) is 12.5 Å². The Bertz CT molecular complexity index is 380. The maximum Gasteiger partial charge on any atom is 0.419 e. The number of nitrogens with one attached hydrogen (secondary N) is 1. The molecule has 0 radical (unpaired) electrons. The molecule has 0 aliphatic carbocycles. The summed E-state index contributed by atoms with van der Waals surface area (Å²) in [6.45, 7) is 1.26. The van der Waals surface area contributed by atoms with Crippen LogP contribution < -0.4 is 5.32 Å². The van der Waals surface area contributed by atoms with Crippen LogP contribution in [0.2, 0.25) is 0 Å². The number of alkyl halides is 3. The van der Waals surface area contributed by atoms with E-state index in [1.54, 1.807) is 0 Å². The summed E-state index contributed by atoms with van der Waals surface area (Å²) < 4.78 is 51.1. The molecule has 5 heteroatoms. The number of halogens is 4. The van der Waals surface area contributed by atoms with Crippen LogP contribution in [0.4, 0.5) is 17.6 Å². The Kier molecular flexibility index (Phi) is 2.88. The lowest BCUT2D eigenvalue weighted by Gasteiger charge is -2.14. The lowest BCUT2D eigenvalue weighted by molar-refractivity contribution is -0.140. The molecule has 0 aromatic heterocycles. The van der Waals surface area contributed by atoms with Gasteiger partial charge in [0.15, 0.2) is 0 Å². The van der Waals surface area contributed by atoms with Crippen LogP contribution in [-0.4, -0.2) is 13.1 Å². The molecule has 1 aliphatic heterocycles. The lowest BCUT2D eigenvalue weighted by atomic mass is 9.95. The standard InChI is InChI=1S/C11H11F4N/c12-10-8(7-4-5-16-6-7)2-1-3-9(10)11(13,14)15/h1-3,7,16H,4-6H2. The van der Waals surface area contributed by atoms with Gasteiger partial charge >= 0.3 is 6.18 Å². The third kappa shape index (κ3) is 2.04. The van der Waals surface area contributed by atoms with Crippen molar-refractivity contribution in [2.75, 3.05) is 13.1 Å². The topological polar surface area (TPSA) is 12.0 Å². The van der Waals surface area contributed by atoms with E-state index in [2.05, 4.69) is 5.32 Å². The van der Waals surface area contributed by atoms with Crippen molar-refractivity contribution in [1.29, 1.82) is 0 Å². The minimum absolute atomic E-state index is 0.151. The van der Waals surface area contributed by atoms with Gasteiger partial charge in [-0.1, -0.05) is 12.1 Å². The van der Waals surface area contributed by atoms with E-state index in [4.69, 9.17) is 0 Å². The molecule has 1 aliphatic rings. The van der Waals surface area contributed by atoms with Crippen LogP contribution in [0.5, 0.6) is 0 Å². The van der Waals surface area contributed by atoms with E-state index in [1.807, 2.05) is 0 Å². The van der Waals surface area contributed by atoms with Crippen LogP contribution in [0, 0.1) is 5.82 Å². The minimum Gasteiger partial charge on any atom is -0.316 e. The first kappa shape index (κ1) is 11.4. The van der Waals surface area contributed by atoms with Gasteiger partial charge in [0.25, 0.3) is 0 Å². The molecule has 0 saturated carbocycles. The second-order valence-electron chi connectivity index (χ2n) is 3.90. The monoisotopic (exact) mass is 233 g/mol. The van der Waals surface area contributed by atoms with Gasteiger partial charge in [-0.2, -0.15) is 13.2 Å². The summed E-state index contributed by atoms with van der Waals surface area (Å²) in [5.74, 6) is -1.27. The van der Waals surface area contributed by atoms with Crippen molar-refractivity contribution in [3.8, 4) is 0 Å². The van der Waals surface area contributed by atoms with E-state index in [0.717, 1.165) is 12.6 Å². The first-order valence-electron chi connectivity index (χ1n) is 5.06. The summed E-state index contributed by atoms with van der Waals surface area (Å²) >= 11 is 0. The first-order valence-corrected chi connectivity index (χ1v) is 5.06. The highest BCUT2D eigenvalue weighted by molar-refractivity contribution is 5.31. The predicted molar refractivity (Wildman–Crippen MR) is 51.6 cm³/mol. The molecular formula is C11H11F4N. The summed E-state index contributed by atoms with van der Waals surface area (Å²) in [5.41, 5.74) is -1.00. The van der Waals surface area contributed by atoms with E-state index in [1.165, 1.54) is 12.1 Å². The van der Waals surface area contributed by atoms with Crippen molar-refractivity contribution in [2.45, 2.75) is 18.5 Å². The molecule has 0 bridgehead atoms. The zero-order chi connectivity index (χ0) is 11.8. The highest BCUT2D eigenvalue weighted by Gasteiger charge is 2.35. The molecule has 1 fully saturated rings. The summed E-state index contributed by atoms with van der Waals surface area (Å²) in [7, 11) is 0. The molecule has 1 aromatic rings. The lowest BCUT2D eigenvalue weighted by Crippen LogP contribution is -2.13. The van der Waals surface area contributed by atoms with Crippen LogP contribution in [0.1, 0.15) is 23.5 Å². The third-order valence-corrected chi connectivity index (χ3v) is 2.83. The fourth-order valence-electron chi connectivity index (χ4n) is 2.00. The Balaban J connectivity index is 2.40. The number of hydrogen-bond donors (Lipinski definition) is 1. The van der Waals surface area contributed by atoms with Gasteiger partial charge in [0.05, 0.1) is 5.56 Å². The Morgan fingerprint density at radius 1 is 1.25 bits per heavy atom. The second kappa shape index (κ2) is 4.05. The highest BCUT2D eigenvalue weighted by atomic mass is 19.4. The summed E-state index contributed by atoms with van der Waals surface area (Å²) in [4.78, 5) is 0. The number of hydrogen-bond acceptors (Lipinski definition) is 1. The minimum atomic E-state index is -4.62. The molecule has 1 saturated heterocycles. The normalized spacial score (nSPS) is 21.4. The predicted octanol–water partition coefficient (Wildman–Crippen LogP) is 2.92. The largest absolute Gasteiger partial charge is 0.419 e. The average molecular weight is 233 g/mol. The molecule has 88 valence electrons. The van der Waals surface area contributed by atoms with Crippen molar-refractivity contribution in [3.05, 3.63) is 35.1 Å². The van der Waals surface area contributed by atoms with E-state index in [9.17, 15) is 17.6 Å². The Morgan fingerprint density at radius 2 is 2.00 bits per heavy atom. The quantitative estimate of drug-likeness (QED) is 0.735. The maximum atomic E-state index is 13.7. The van der Waals surface area contributed by atoms with Gasteiger partial charge in [-0.25, -0.2) is 4.39 Å². The molecule has 0 amide bonds. The SMILES string of the molecule is Fc1c(C2CCNC2)cccc1C(F)(F)F. The smallest absolute Gasteiger partial charge is 0.316 e. The molecular weight excluding hydrogens is 222 g/mol. The Morgan fingerprint density at radius 3 is 2.56 bits per heavy atom. The van der Waals surface area contributed by atoms with E-state index < -0.39 is 17.6 Å². The molecule has 1 unspecified atom stereocenters. The fraction of sp³-hybridized carbons (Fsp3) is 0.455. The first-order chi connectivity index (χ1) is 7.50. The molecule has 1 N–H and O–H groups in total. The van der Waals surface area contributed by atoms with E-state index in [0.29, 0.717) is 13.0 Å². The van der Waals surface area contributed by atoms with Gasteiger partial charge in [0.2, 0.25) is 0 Å². The Hall–Kier alpha value is -1.10. The summed E-state index contributed by atoms with van der Waals surface area (Å²) in [5, 5.41) is 3.01. The van der Waals surface area contributed by atoms with Gasteiger partial charge in [-0.05, 0) is 24.6 Å². The molecule has 1 atom stereocenters. The van der Waals surface area contributed by atoms with Gasteiger partial charge in [0.1, 0.15) is 5.82 Å². The molecule has 16 heavy (non-hydrogen) atoms. The van der Waals surface area contributed by atoms with Crippen LogP contribution in [0.3, 0.4) is 0 Å². The van der Waals surface area contributed by atoms with Gasteiger partial charge < -0.3 is 5.32 Å². The van der Waals surface area contributed by atoms with Crippen LogP contribution in [0.15, 0.2) is 18.2 Å². The zero-order valence-corrected chi connectivity index (χ0v) is 8.44. The maximum absolute atomic E-state index is 13.7. The molecule has 1 heterocycles. The van der Waals surface area contributed by atoms with E-state index >= 15 is 0 Å². The number of benzene rings is 1. The Labute approximate surface area is 90.5 Å². The fourth-order valence-corrected chi connectivity index (χ4v) is 2.00. The van der Waals surface area contributed by atoms with Crippen LogP contribution >= 0.6 is 0 Å². The second-order valence-corrected chi connectivity index (χ2v) is 3.90.